The van der Waals surface area contributed by atoms with E-state index in [9.17, 15) is 0 Å². The molecular weight excluding hydrogens is 200 g/mol. The standard InChI is InChI=1S/C13H28OSi/c1-6-14-15(7-2,13(3,4)5)12-10-8-9-11-12/h12H,6-11H2,1-5H3. The molecule has 1 nitrogen and oxygen atoms in total. The maximum atomic E-state index is 6.37. The Morgan fingerprint density at radius 3 is 2.00 bits per heavy atom. The largest absolute Gasteiger partial charge is 0.416 e. The fourth-order valence-electron chi connectivity index (χ4n) is 3.52. The molecule has 0 radical (unpaired) electrons. The molecule has 0 spiro atoms. The molecule has 0 heterocycles. The molecule has 1 fully saturated rings. The Hall–Kier alpha value is 0.177. The van der Waals surface area contributed by atoms with Crippen molar-refractivity contribution in [1.29, 1.82) is 0 Å². The van der Waals surface area contributed by atoms with Gasteiger partial charge in [-0.05, 0) is 23.5 Å². The second-order valence-corrected chi connectivity index (χ2v) is 11.0. The monoisotopic (exact) mass is 228 g/mol. The van der Waals surface area contributed by atoms with Crippen LogP contribution in [0.1, 0.15) is 60.3 Å². The molecule has 1 aliphatic rings. The number of hydrogen-bond donors (Lipinski definition) is 0. The van der Waals surface area contributed by atoms with Crippen LogP contribution in [-0.4, -0.2) is 14.9 Å². The highest BCUT2D eigenvalue weighted by Crippen LogP contribution is 2.52. The average Bonchev–Trinajstić information content (AvgIpc) is 2.65. The van der Waals surface area contributed by atoms with Gasteiger partial charge in [-0.2, -0.15) is 0 Å². The van der Waals surface area contributed by atoms with Gasteiger partial charge in [0.1, 0.15) is 0 Å². The van der Waals surface area contributed by atoms with Crippen LogP contribution in [0.25, 0.3) is 0 Å². The van der Waals surface area contributed by atoms with Crippen LogP contribution in [0.3, 0.4) is 0 Å². The molecule has 0 aromatic carbocycles. The lowest BCUT2D eigenvalue weighted by atomic mass is 10.2. The summed E-state index contributed by atoms with van der Waals surface area (Å²) in [5, 5.41) is 0.396. The van der Waals surface area contributed by atoms with Crippen molar-refractivity contribution in [2.45, 2.75) is 76.9 Å². The van der Waals surface area contributed by atoms with Crippen LogP contribution in [0.15, 0.2) is 0 Å². The van der Waals surface area contributed by atoms with E-state index < -0.39 is 8.32 Å². The first-order chi connectivity index (χ1) is 6.98. The molecule has 0 aromatic rings. The first-order valence-electron chi connectivity index (χ1n) is 6.62. The second kappa shape index (κ2) is 5.01. The highest BCUT2D eigenvalue weighted by atomic mass is 28.4. The normalized spacial score (nSPS) is 23.0. The van der Waals surface area contributed by atoms with Crippen molar-refractivity contribution in [3.8, 4) is 0 Å². The SMILES string of the molecule is CCO[Si](CC)(C1CCCC1)C(C)(C)C. The topological polar surface area (TPSA) is 9.23 Å². The first kappa shape index (κ1) is 13.2. The van der Waals surface area contributed by atoms with E-state index in [-0.39, 0.29) is 0 Å². The van der Waals surface area contributed by atoms with Gasteiger partial charge < -0.3 is 4.43 Å². The highest BCUT2D eigenvalue weighted by molar-refractivity contribution is 6.78. The highest BCUT2D eigenvalue weighted by Gasteiger charge is 2.51. The molecule has 90 valence electrons. The van der Waals surface area contributed by atoms with Crippen molar-refractivity contribution in [3.05, 3.63) is 0 Å². The summed E-state index contributed by atoms with van der Waals surface area (Å²) in [6.45, 7) is 12.6. The lowest BCUT2D eigenvalue weighted by molar-refractivity contribution is 0.285. The van der Waals surface area contributed by atoms with Crippen molar-refractivity contribution >= 4 is 8.32 Å². The van der Waals surface area contributed by atoms with Crippen LogP contribution in [-0.2, 0) is 4.43 Å². The molecule has 1 unspecified atom stereocenters. The molecule has 2 heteroatoms. The van der Waals surface area contributed by atoms with Crippen LogP contribution in [0.5, 0.6) is 0 Å². The molecule has 1 rings (SSSR count). The van der Waals surface area contributed by atoms with Crippen molar-refractivity contribution < 1.29 is 4.43 Å². The minimum Gasteiger partial charge on any atom is -0.416 e. The van der Waals surface area contributed by atoms with Gasteiger partial charge in [-0.3, -0.25) is 0 Å². The summed E-state index contributed by atoms with van der Waals surface area (Å²) in [5.74, 6) is 0. The summed E-state index contributed by atoms with van der Waals surface area (Å²) >= 11 is 0. The van der Waals surface area contributed by atoms with E-state index in [0.29, 0.717) is 5.04 Å². The van der Waals surface area contributed by atoms with Gasteiger partial charge in [0.25, 0.3) is 0 Å². The van der Waals surface area contributed by atoms with E-state index in [4.69, 9.17) is 4.43 Å². The predicted molar refractivity (Wildman–Crippen MR) is 69.8 cm³/mol. The van der Waals surface area contributed by atoms with Gasteiger partial charge >= 0.3 is 0 Å². The molecule has 0 N–H and O–H groups in total. The van der Waals surface area contributed by atoms with Gasteiger partial charge in [-0.1, -0.05) is 53.4 Å². The van der Waals surface area contributed by atoms with Gasteiger partial charge in [-0.15, -0.1) is 0 Å². The van der Waals surface area contributed by atoms with E-state index in [1.54, 1.807) is 0 Å². The third-order valence-electron chi connectivity index (χ3n) is 4.21. The third-order valence-corrected chi connectivity index (χ3v) is 10.5. The van der Waals surface area contributed by atoms with Crippen LogP contribution in [0.4, 0.5) is 0 Å². The molecule has 0 aromatic heterocycles. The van der Waals surface area contributed by atoms with Gasteiger partial charge in [0.2, 0.25) is 8.32 Å². The zero-order chi connectivity index (χ0) is 11.5. The van der Waals surface area contributed by atoms with Crippen molar-refractivity contribution in [2.75, 3.05) is 6.61 Å². The molecule has 0 bridgehead atoms. The van der Waals surface area contributed by atoms with E-state index in [2.05, 4.69) is 34.6 Å². The summed E-state index contributed by atoms with van der Waals surface area (Å²) in [7, 11) is -1.54. The van der Waals surface area contributed by atoms with Crippen LogP contribution < -0.4 is 0 Å². The fourth-order valence-corrected chi connectivity index (χ4v) is 9.11. The van der Waals surface area contributed by atoms with E-state index in [1.807, 2.05) is 0 Å². The molecule has 0 saturated heterocycles. The molecule has 1 aliphatic carbocycles. The summed E-state index contributed by atoms with van der Waals surface area (Å²) in [6, 6.07) is 1.29. The second-order valence-electron chi connectivity index (χ2n) is 5.91. The van der Waals surface area contributed by atoms with Gasteiger partial charge in [-0.25, -0.2) is 0 Å². The Balaban J connectivity index is 2.91. The van der Waals surface area contributed by atoms with Crippen LogP contribution in [0, 0.1) is 0 Å². The van der Waals surface area contributed by atoms with Gasteiger partial charge in [0.15, 0.2) is 0 Å². The number of rotatable bonds is 4. The quantitative estimate of drug-likeness (QED) is 0.632. The molecule has 0 aliphatic heterocycles. The zero-order valence-corrected chi connectivity index (χ0v) is 12.2. The third kappa shape index (κ3) is 2.47. The van der Waals surface area contributed by atoms with Gasteiger partial charge in [0.05, 0.1) is 0 Å². The summed E-state index contributed by atoms with van der Waals surface area (Å²) < 4.78 is 6.37. The lowest BCUT2D eigenvalue weighted by Crippen LogP contribution is -2.50. The fraction of sp³-hybridized carbons (Fsp3) is 1.00. The molecular formula is C13H28OSi. The summed E-state index contributed by atoms with van der Waals surface area (Å²) in [5.41, 5.74) is 0.919. The predicted octanol–water partition coefficient (Wildman–Crippen LogP) is 4.73. The van der Waals surface area contributed by atoms with Gasteiger partial charge in [0, 0.05) is 6.61 Å². The lowest BCUT2D eigenvalue weighted by Gasteiger charge is -2.46. The molecule has 1 saturated carbocycles. The molecule has 0 amide bonds. The average molecular weight is 228 g/mol. The smallest absolute Gasteiger partial charge is 0.200 e. The Labute approximate surface area is 96.7 Å². The van der Waals surface area contributed by atoms with Crippen molar-refractivity contribution in [3.63, 3.8) is 0 Å². The maximum absolute atomic E-state index is 6.37. The van der Waals surface area contributed by atoms with Crippen LogP contribution >= 0.6 is 0 Å². The van der Waals surface area contributed by atoms with E-state index in [1.165, 1.54) is 31.7 Å². The minimum atomic E-state index is -1.54. The summed E-state index contributed by atoms with van der Waals surface area (Å²) in [4.78, 5) is 0. The maximum Gasteiger partial charge on any atom is 0.200 e. The zero-order valence-electron chi connectivity index (χ0n) is 11.2. The van der Waals surface area contributed by atoms with Crippen molar-refractivity contribution in [1.82, 2.24) is 0 Å². The Kier molecular flexibility index (Phi) is 4.42. The summed E-state index contributed by atoms with van der Waals surface area (Å²) in [6.07, 6.45) is 5.72. The first-order valence-corrected chi connectivity index (χ1v) is 8.81. The Morgan fingerprint density at radius 1 is 1.13 bits per heavy atom. The molecule has 15 heavy (non-hydrogen) atoms. The van der Waals surface area contributed by atoms with E-state index in [0.717, 1.165) is 12.1 Å². The number of hydrogen-bond acceptors (Lipinski definition) is 1. The van der Waals surface area contributed by atoms with Crippen LogP contribution in [0.2, 0.25) is 16.6 Å². The minimum absolute atomic E-state index is 0.396. The Morgan fingerprint density at radius 2 is 1.67 bits per heavy atom. The molecule has 1 atom stereocenters. The Bertz CT molecular complexity index is 191. The van der Waals surface area contributed by atoms with E-state index >= 15 is 0 Å². The van der Waals surface area contributed by atoms with Crippen molar-refractivity contribution in [2.24, 2.45) is 0 Å².